The van der Waals surface area contributed by atoms with Crippen molar-refractivity contribution in [3.63, 3.8) is 0 Å². The zero-order valence-electron chi connectivity index (χ0n) is 16.7. The summed E-state index contributed by atoms with van der Waals surface area (Å²) in [5.74, 6) is 2.41. The van der Waals surface area contributed by atoms with Crippen molar-refractivity contribution in [3.8, 4) is 23.5 Å². The Hall–Kier alpha value is -4.05. The summed E-state index contributed by atoms with van der Waals surface area (Å²) in [6.07, 6.45) is 3.44. The molecule has 30 heavy (non-hydrogen) atoms. The first kappa shape index (κ1) is 19.3. The summed E-state index contributed by atoms with van der Waals surface area (Å²) >= 11 is 0. The zero-order chi connectivity index (χ0) is 20.9. The number of furan rings is 1. The highest BCUT2D eigenvalue weighted by Gasteiger charge is 2.17. The maximum Gasteiger partial charge on any atom is 0.266 e. The van der Waals surface area contributed by atoms with Gasteiger partial charge in [0.1, 0.15) is 24.2 Å². The number of nitrogens with one attached hydrogen (secondary N) is 1. The van der Waals surface area contributed by atoms with E-state index in [4.69, 9.17) is 13.6 Å². The summed E-state index contributed by atoms with van der Waals surface area (Å²) in [6, 6.07) is 15.4. The van der Waals surface area contributed by atoms with Crippen molar-refractivity contribution >= 4 is 5.88 Å². The van der Waals surface area contributed by atoms with Gasteiger partial charge in [-0.3, -0.25) is 4.98 Å². The molecule has 0 saturated heterocycles. The van der Waals surface area contributed by atoms with E-state index in [2.05, 4.69) is 15.3 Å². The molecule has 0 spiro atoms. The van der Waals surface area contributed by atoms with Crippen molar-refractivity contribution in [1.29, 1.82) is 5.26 Å². The van der Waals surface area contributed by atoms with Crippen LogP contribution in [-0.4, -0.2) is 9.97 Å². The van der Waals surface area contributed by atoms with Crippen molar-refractivity contribution < 1.29 is 13.6 Å². The molecule has 0 aliphatic heterocycles. The molecule has 7 nitrogen and oxygen atoms in total. The van der Waals surface area contributed by atoms with Crippen LogP contribution in [-0.2, 0) is 13.2 Å². The van der Waals surface area contributed by atoms with E-state index >= 15 is 0 Å². The summed E-state index contributed by atoms with van der Waals surface area (Å²) < 4.78 is 17.4. The minimum Gasteiger partial charge on any atom is -0.485 e. The van der Waals surface area contributed by atoms with Crippen LogP contribution in [0.1, 0.15) is 28.1 Å². The lowest BCUT2D eigenvalue weighted by Crippen LogP contribution is -1.99. The third-order valence-electron chi connectivity index (χ3n) is 4.49. The molecule has 0 radical (unpaired) electrons. The first-order chi connectivity index (χ1) is 14.6. The Bertz CT molecular complexity index is 1190. The van der Waals surface area contributed by atoms with Gasteiger partial charge in [-0.15, -0.1) is 0 Å². The minimum absolute atomic E-state index is 0.165. The molecule has 0 atom stereocenters. The fraction of sp³-hybridized carbons (Fsp3) is 0.174. The fourth-order valence-electron chi connectivity index (χ4n) is 2.89. The Morgan fingerprint density at radius 2 is 2.03 bits per heavy atom. The van der Waals surface area contributed by atoms with Gasteiger partial charge >= 0.3 is 0 Å². The van der Waals surface area contributed by atoms with Crippen molar-refractivity contribution in [3.05, 3.63) is 83.0 Å². The van der Waals surface area contributed by atoms with Gasteiger partial charge in [-0.05, 0) is 54.8 Å². The Morgan fingerprint density at radius 3 is 2.83 bits per heavy atom. The van der Waals surface area contributed by atoms with Gasteiger partial charge in [0.25, 0.3) is 5.89 Å². The third kappa shape index (κ3) is 4.33. The van der Waals surface area contributed by atoms with Crippen LogP contribution in [0.3, 0.4) is 0 Å². The van der Waals surface area contributed by atoms with Gasteiger partial charge in [-0.1, -0.05) is 18.2 Å². The van der Waals surface area contributed by atoms with Crippen LogP contribution >= 0.6 is 0 Å². The van der Waals surface area contributed by atoms with E-state index in [-0.39, 0.29) is 18.2 Å². The first-order valence-corrected chi connectivity index (χ1v) is 9.45. The molecule has 4 aromatic rings. The molecule has 4 rings (SSSR count). The van der Waals surface area contributed by atoms with E-state index in [0.29, 0.717) is 23.9 Å². The predicted molar refractivity (Wildman–Crippen MR) is 111 cm³/mol. The molecule has 0 saturated carbocycles. The maximum atomic E-state index is 9.36. The molecular formula is C23H20N4O3. The van der Waals surface area contributed by atoms with Gasteiger partial charge in [0.2, 0.25) is 11.6 Å². The smallest absolute Gasteiger partial charge is 0.266 e. The average molecular weight is 400 g/mol. The second-order valence-electron chi connectivity index (χ2n) is 6.85. The monoisotopic (exact) mass is 400 g/mol. The molecule has 1 N–H and O–H groups in total. The number of nitriles is 1. The van der Waals surface area contributed by atoms with Crippen LogP contribution in [0.25, 0.3) is 11.7 Å². The van der Waals surface area contributed by atoms with Gasteiger partial charge < -0.3 is 18.9 Å². The highest BCUT2D eigenvalue weighted by molar-refractivity contribution is 5.54. The number of aryl methyl sites for hydroxylation is 2. The highest BCUT2D eigenvalue weighted by atomic mass is 16.5. The summed E-state index contributed by atoms with van der Waals surface area (Å²) in [6.45, 7) is 4.76. The van der Waals surface area contributed by atoms with Crippen molar-refractivity contribution in [2.45, 2.75) is 27.0 Å². The lowest BCUT2D eigenvalue weighted by atomic mass is 10.1. The van der Waals surface area contributed by atoms with E-state index < -0.39 is 0 Å². The zero-order valence-corrected chi connectivity index (χ0v) is 16.7. The van der Waals surface area contributed by atoms with E-state index in [9.17, 15) is 5.26 Å². The van der Waals surface area contributed by atoms with Crippen LogP contribution in [0.4, 0.5) is 5.88 Å². The molecule has 0 bridgehead atoms. The SMILES string of the molecule is Cc1ccc(C)c(OCc2ccc(-c3nc(C#N)c(NCc4cccnc4)o3)o2)c1. The Balaban J connectivity index is 1.45. The Labute approximate surface area is 174 Å². The summed E-state index contributed by atoms with van der Waals surface area (Å²) in [7, 11) is 0. The number of oxazole rings is 1. The number of pyridine rings is 1. The van der Waals surface area contributed by atoms with Gasteiger partial charge in [0, 0.05) is 18.9 Å². The van der Waals surface area contributed by atoms with Gasteiger partial charge in [0.15, 0.2) is 5.76 Å². The second-order valence-corrected chi connectivity index (χ2v) is 6.85. The van der Waals surface area contributed by atoms with Crippen molar-refractivity contribution in [2.24, 2.45) is 0 Å². The maximum absolute atomic E-state index is 9.36. The van der Waals surface area contributed by atoms with Crippen LogP contribution in [0.2, 0.25) is 0 Å². The normalized spacial score (nSPS) is 10.6. The molecule has 0 unspecified atom stereocenters. The van der Waals surface area contributed by atoms with Crippen LogP contribution in [0, 0.1) is 25.2 Å². The molecule has 3 aromatic heterocycles. The quantitative estimate of drug-likeness (QED) is 0.466. The van der Waals surface area contributed by atoms with Gasteiger partial charge in [0.05, 0.1) is 0 Å². The molecule has 150 valence electrons. The molecule has 0 fully saturated rings. The van der Waals surface area contributed by atoms with Crippen LogP contribution in [0.15, 0.2) is 63.7 Å². The number of aromatic nitrogens is 2. The van der Waals surface area contributed by atoms with Gasteiger partial charge in [-0.2, -0.15) is 10.2 Å². The summed E-state index contributed by atoms with van der Waals surface area (Å²) in [4.78, 5) is 8.29. The van der Waals surface area contributed by atoms with Crippen LogP contribution in [0.5, 0.6) is 5.75 Å². The topological polar surface area (TPSA) is 97.1 Å². The molecule has 3 heterocycles. The number of ether oxygens (including phenoxy) is 1. The summed E-state index contributed by atoms with van der Waals surface area (Å²) in [5.41, 5.74) is 3.32. The number of benzene rings is 1. The fourth-order valence-corrected chi connectivity index (χ4v) is 2.89. The average Bonchev–Trinajstić information content (AvgIpc) is 3.40. The lowest BCUT2D eigenvalue weighted by molar-refractivity contribution is 0.269. The molecular weight excluding hydrogens is 380 g/mol. The Morgan fingerprint density at radius 1 is 1.13 bits per heavy atom. The predicted octanol–water partition coefficient (Wildman–Crippen LogP) is 5.01. The van der Waals surface area contributed by atoms with E-state index in [1.807, 2.05) is 50.2 Å². The Kier molecular flexibility index (Phi) is 5.48. The van der Waals surface area contributed by atoms with Gasteiger partial charge in [-0.25, -0.2) is 0 Å². The minimum atomic E-state index is 0.165. The number of hydrogen-bond donors (Lipinski definition) is 1. The van der Waals surface area contributed by atoms with Crippen LogP contribution < -0.4 is 10.1 Å². The van der Waals surface area contributed by atoms with E-state index in [0.717, 1.165) is 22.4 Å². The highest BCUT2D eigenvalue weighted by Crippen LogP contribution is 2.28. The number of rotatable bonds is 7. The summed E-state index contributed by atoms with van der Waals surface area (Å²) in [5, 5.41) is 12.4. The lowest BCUT2D eigenvalue weighted by Gasteiger charge is -2.08. The number of anilines is 1. The van der Waals surface area contributed by atoms with Crippen molar-refractivity contribution in [1.82, 2.24) is 9.97 Å². The molecule has 0 aliphatic rings. The van der Waals surface area contributed by atoms with Crippen molar-refractivity contribution in [2.75, 3.05) is 5.32 Å². The number of hydrogen-bond acceptors (Lipinski definition) is 7. The van der Waals surface area contributed by atoms with E-state index in [1.54, 1.807) is 24.5 Å². The van der Waals surface area contributed by atoms with E-state index in [1.165, 1.54) is 0 Å². The first-order valence-electron chi connectivity index (χ1n) is 9.45. The standard InChI is InChI=1S/C23H20N4O3/c1-15-5-6-16(2)21(10-15)28-14-18-7-8-20(29-18)23-27-19(11-24)22(30-23)26-13-17-4-3-9-25-12-17/h3-10,12,26H,13-14H2,1-2H3. The molecule has 7 heteroatoms. The number of nitrogens with zero attached hydrogens (tertiary/aromatic N) is 3. The molecule has 1 aromatic carbocycles. The third-order valence-corrected chi connectivity index (χ3v) is 4.49. The molecule has 0 amide bonds. The second kappa shape index (κ2) is 8.53. The largest absolute Gasteiger partial charge is 0.485 e. The molecule has 0 aliphatic carbocycles.